The molecule has 0 aliphatic rings. The zero-order chi connectivity index (χ0) is 15.8. The molecule has 0 saturated heterocycles. The van der Waals surface area contributed by atoms with E-state index in [0.29, 0.717) is 17.8 Å². The number of halogens is 1. The Morgan fingerprint density at radius 1 is 1.00 bits per heavy atom. The van der Waals surface area contributed by atoms with E-state index in [4.69, 9.17) is 4.42 Å². The van der Waals surface area contributed by atoms with Gasteiger partial charge in [-0.05, 0) is 30.3 Å². The average Bonchev–Trinajstić information content (AvgIpc) is 3.21. The number of hydrogen-bond donors (Lipinski definition) is 1. The van der Waals surface area contributed by atoms with Crippen LogP contribution in [0.15, 0.2) is 63.5 Å². The Balaban J connectivity index is 1.70. The van der Waals surface area contributed by atoms with E-state index in [-0.39, 0.29) is 0 Å². The zero-order valence-electron chi connectivity index (χ0n) is 11.9. The van der Waals surface area contributed by atoms with Gasteiger partial charge in [-0.3, -0.25) is 4.79 Å². The second-order valence-electron chi connectivity index (χ2n) is 5.14. The van der Waals surface area contributed by atoms with Crippen LogP contribution >= 0.6 is 15.9 Å². The van der Waals surface area contributed by atoms with Crippen molar-refractivity contribution in [3.8, 4) is 22.7 Å². The normalized spacial score (nSPS) is 11.0. The molecule has 23 heavy (non-hydrogen) atoms. The average molecular weight is 367 g/mol. The number of fused-ring (bicyclic) bond motifs is 1. The lowest BCUT2D eigenvalue weighted by Crippen LogP contribution is -1.81. The van der Waals surface area contributed by atoms with Gasteiger partial charge in [0.2, 0.25) is 0 Å². The zero-order valence-corrected chi connectivity index (χ0v) is 13.5. The van der Waals surface area contributed by atoms with Crippen molar-refractivity contribution in [1.82, 2.24) is 9.97 Å². The smallest absolute Gasteiger partial charge is 0.185 e. The van der Waals surface area contributed by atoms with Crippen molar-refractivity contribution in [2.24, 2.45) is 0 Å². The molecule has 4 aromatic rings. The lowest BCUT2D eigenvalue weighted by molar-refractivity contribution is 0.110. The number of nitrogens with zero attached hydrogens (tertiary/aromatic N) is 1. The fraction of sp³-hybridized carbons (Fsp3) is 0. The predicted octanol–water partition coefficient (Wildman–Crippen LogP) is 5.06. The molecular weight excluding hydrogens is 356 g/mol. The number of aldehydes is 1. The number of carbonyl (C=O) groups is 1. The van der Waals surface area contributed by atoms with E-state index < -0.39 is 0 Å². The first kappa shape index (κ1) is 14.0. The third-order valence-electron chi connectivity index (χ3n) is 3.63. The highest BCUT2D eigenvalue weighted by atomic mass is 79.9. The van der Waals surface area contributed by atoms with Crippen LogP contribution in [0, 0.1) is 0 Å². The number of hydrogen-bond acceptors (Lipinski definition) is 3. The second kappa shape index (κ2) is 5.52. The van der Waals surface area contributed by atoms with Gasteiger partial charge < -0.3 is 9.40 Å². The van der Waals surface area contributed by atoms with Crippen molar-refractivity contribution in [1.29, 1.82) is 0 Å². The van der Waals surface area contributed by atoms with Gasteiger partial charge in [0.25, 0.3) is 0 Å². The molecule has 0 amide bonds. The molecule has 4 nitrogen and oxygen atoms in total. The molecule has 0 aliphatic heterocycles. The fourth-order valence-corrected chi connectivity index (χ4v) is 2.84. The lowest BCUT2D eigenvalue weighted by Gasteiger charge is -1.99. The third-order valence-corrected chi connectivity index (χ3v) is 4.12. The molecule has 2 aromatic heterocycles. The number of nitrogens with one attached hydrogen (secondary N) is 1. The molecular formula is C18H11BrN2O2. The molecule has 0 unspecified atom stereocenters. The molecule has 0 saturated carbocycles. The van der Waals surface area contributed by atoms with Gasteiger partial charge in [0.15, 0.2) is 12.0 Å². The van der Waals surface area contributed by atoms with E-state index in [1.165, 1.54) is 0 Å². The molecule has 0 radical (unpaired) electrons. The van der Waals surface area contributed by atoms with Crippen LogP contribution in [-0.2, 0) is 0 Å². The fourth-order valence-electron chi connectivity index (χ4n) is 2.48. The molecule has 0 aliphatic carbocycles. The first-order chi connectivity index (χ1) is 11.2. The molecule has 2 heterocycles. The van der Waals surface area contributed by atoms with Crippen LogP contribution in [0.1, 0.15) is 10.6 Å². The van der Waals surface area contributed by atoms with E-state index in [1.54, 1.807) is 12.1 Å². The van der Waals surface area contributed by atoms with Crippen LogP contribution in [0.4, 0.5) is 0 Å². The van der Waals surface area contributed by atoms with Crippen molar-refractivity contribution in [2.45, 2.75) is 0 Å². The Labute approximate surface area is 140 Å². The van der Waals surface area contributed by atoms with Crippen LogP contribution in [0.5, 0.6) is 0 Å². The number of carbonyl (C=O) groups excluding carboxylic acids is 1. The Morgan fingerprint density at radius 3 is 2.52 bits per heavy atom. The van der Waals surface area contributed by atoms with Crippen molar-refractivity contribution in [3.05, 3.63) is 64.8 Å². The highest BCUT2D eigenvalue weighted by molar-refractivity contribution is 9.10. The maximum Gasteiger partial charge on any atom is 0.185 e. The Bertz CT molecular complexity index is 999. The van der Waals surface area contributed by atoms with Crippen LogP contribution in [0.2, 0.25) is 0 Å². The van der Waals surface area contributed by atoms with Crippen LogP contribution < -0.4 is 0 Å². The molecule has 4 rings (SSSR count). The van der Waals surface area contributed by atoms with Gasteiger partial charge >= 0.3 is 0 Å². The molecule has 5 heteroatoms. The summed E-state index contributed by atoms with van der Waals surface area (Å²) < 4.78 is 6.44. The number of rotatable bonds is 3. The Morgan fingerprint density at radius 2 is 1.78 bits per heavy atom. The highest BCUT2D eigenvalue weighted by Gasteiger charge is 2.08. The third kappa shape index (κ3) is 2.59. The van der Waals surface area contributed by atoms with Crippen molar-refractivity contribution in [2.75, 3.05) is 0 Å². The van der Waals surface area contributed by atoms with Gasteiger partial charge in [-0.1, -0.05) is 40.2 Å². The summed E-state index contributed by atoms with van der Waals surface area (Å²) in [5.41, 5.74) is 3.82. The van der Waals surface area contributed by atoms with Gasteiger partial charge in [0.1, 0.15) is 11.6 Å². The summed E-state index contributed by atoms with van der Waals surface area (Å²) in [6, 6.07) is 17.2. The summed E-state index contributed by atoms with van der Waals surface area (Å²) in [5, 5.41) is 0. The first-order valence-corrected chi connectivity index (χ1v) is 7.83. The summed E-state index contributed by atoms with van der Waals surface area (Å²) in [5.74, 6) is 1.82. The minimum Gasteiger partial charge on any atom is -0.453 e. The quantitative estimate of drug-likeness (QED) is 0.515. The number of H-pyrrole nitrogens is 1. The minimum atomic E-state index is 0.326. The number of aromatic amines is 1. The van der Waals surface area contributed by atoms with Crippen LogP contribution in [0.3, 0.4) is 0 Å². The van der Waals surface area contributed by atoms with E-state index >= 15 is 0 Å². The van der Waals surface area contributed by atoms with Crippen molar-refractivity contribution < 1.29 is 9.21 Å². The lowest BCUT2D eigenvalue weighted by atomic mass is 10.1. The summed E-state index contributed by atoms with van der Waals surface area (Å²) in [6.07, 6.45) is 0.699. The van der Waals surface area contributed by atoms with Crippen molar-refractivity contribution >= 4 is 33.2 Å². The van der Waals surface area contributed by atoms with Crippen molar-refractivity contribution in [3.63, 3.8) is 0 Å². The summed E-state index contributed by atoms with van der Waals surface area (Å²) >= 11 is 3.46. The molecule has 112 valence electrons. The molecule has 0 atom stereocenters. The Hall–Kier alpha value is -2.66. The molecule has 2 aromatic carbocycles. The monoisotopic (exact) mass is 366 g/mol. The molecule has 0 spiro atoms. The summed E-state index contributed by atoms with van der Waals surface area (Å²) in [6.45, 7) is 0. The van der Waals surface area contributed by atoms with Gasteiger partial charge in [0.05, 0.1) is 11.0 Å². The number of benzene rings is 2. The van der Waals surface area contributed by atoms with Gasteiger partial charge in [-0.2, -0.15) is 0 Å². The molecule has 0 bridgehead atoms. The van der Waals surface area contributed by atoms with Gasteiger partial charge in [-0.25, -0.2) is 4.98 Å². The number of aromatic nitrogens is 2. The molecule has 1 N–H and O–H groups in total. The van der Waals surface area contributed by atoms with E-state index in [9.17, 15) is 4.79 Å². The van der Waals surface area contributed by atoms with Crippen LogP contribution in [0.25, 0.3) is 33.7 Å². The number of imidazole rings is 1. The standard InChI is InChI=1S/C18H11BrN2O2/c19-13-5-7-15-16(9-13)21-18(20-15)12-3-1-11(2-4-12)17-8-6-14(10-22)23-17/h1-10H,(H,20,21). The van der Waals surface area contributed by atoms with E-state index in [2.05, 4.69) is 25.9 Å². The highest BCUT2D eigenvalue weighted by Crippen LogP contribution is 2.26. The maximum absolute atomic E-state index is 10.7. The van der Waals surface area contributed by atoms with E-state index in [0.717, 1.165) is 32.5 Å². The Kier molecular flexibility index (Phi) is 3.35. The first-order valence-electron chi connectivity index (χ1n) is 7.04. The molecule has 0 fully saturated rings. The summed E-state index contributed by atoms with van der Waals surface area (Å²) in [7, 11) is 0. The van der Waals surface area contributed by atoms with Crippen LogP contribution in [-0.4, -0.2) is 16.3 Å². The SMILES string of the molecule is O=Cc1ccc(-c2ccc(-c3nc4ccc(Br)cc4[nH]3)cc2)o1. The number of furan rings is 1. The minimum absolute atomic E-state index is 0.326. The van der Waals surface area contributed by atoms with Gasteiger partial charge in [-0.15, -0.1) is 0 Å². The second-order valence-corrected chi connectivity index (χ2v) is 6.06. The largest absolute Gasteiger partial charge is 0.453 e. The van der Waals surface area contributed by atoms with Gasteiger partial charge in [0, 0.05) is 15.6 Å². The maximum atomic E-state index is 10.7. The van der Waals surface area contributed by atoms with E-state index in [1.807, 2.05) is 42.5 Å². The topological polar surface area (TPSA) is 58.9 Å². The summed E-state index contributed by atoms with van der Waals surface area (Å²) in [4.78, 5) is 18.6. The predicted molar refractivity (Wildman–Crippen MR) is 92.3 cm³/mol.